The Bertz CT molecular complexity index is 341. The van der Waals surface area contributed by atoms with Crippen molar-refractivity contribution in [3.8, 4) is 0 Å². The van der Waals surface area contributed by atoms with Crippen LogP contribution in [0, 0.1) is 0 Å². The third kappa shape index (κ3) is 1.89. The summed E-state index contributed by atoms with van der Waals surface area (Å²) in [6, 6.07) is 9.86. The zero-order chi connectivity index (χ0) is 11.6. The highest BCUT2D eigenvalue weighted by molar-refractivity contribution is 5.31. The van der Waals surface area contributed by atoms with Crippen molar-refractivity contribution in [1.82, 2.24) is 5.32 Å². The van der Waals surface area contributed by atoms with Crippen molar-refractivity contribution in [2.24, 2.45) is 0 Å². The van der Waals surface area contributed by atoms with Crippen molar-refractivity contribution in [3.05, 3.63) is 35.4 Å². The Morgan fingerprint density at radius 1 is 1.25 bits per heavy atom. The molecular formula is C15H23N. The van der Waals surface area contributed by atoms with Gasteiger partial charge in [0.1, 0.15) is 0 Å². The lowest BCUT2D eigenvalue weighted by molar-refractivity contribution is 0.393. The molecule has 0 aromatic heterocycles. The number of rotatable bonds is 3. The quantitative estimate of drug-likeness (QED) is 0.819. The van der Waals surface area contributed by atoms with E-state index in [1.807, 2.05) is 0 Å². The van der Waals surface area contributed by atoms with Crippen molar-refractivity contribution >= 4 is 0 Å². The predicted octanol–water partition coefficient (Wildman–Crippen LogP) is 3.28. The maximum Gasteiger partial charge on any atom is 0.0159 e. The minimum absolute atomic E-state index is 0.334. The Labute approximate surface area is 99.3 Å². The van der Waals surface area contributed by atoms with Crippen LogP contribution in [-0.4, -0.2) is 12.6 Å². The van der Waals surface area contributed by atoms with E-state index in [0.29, 0.717) is 11.5 Å². The molecule has 1 N–H and O–H groups in total. The predicted molar refractivity (Wildman–Crippen MR) is 69.9 cm³/mol. The second-order valence-electron chi connectivity index (χ2n) is 5.13. The normalized spacial score (nSPS) is 29.6. The number of aryl methyl sites for hydroxylation is 1. The molecule has 88 valence electrons. The maximum absolute atomic E-state index is 3.62. The second-order valence-corrected chi connectivity index (χ2v) is 5.13. The third-order valence-electron chi connectivity index (χ3n) is 4.23. The molecule has 0 spiro atoms. The molecule has 1 saturated heterocycles. The van der Waals surface area contributed by atoms with Gasteiger partial charge in [0.25, 0.3) is 0 Å². The van der Waals surface area contributed by atoms with E-state index >= 15 is 0 Å². The Balaban J connectivity index is 2.27. The molecule has 0 amide bonds. The molecule has 0 aliphatic carbocycles. The fourth-order valence-corrected chi connectivity index (χ4v) is 2.97. The Morgan fingerprint density at radius 3 is 2.50 bits per heavy atom. The van der Waals surface area contributed by atoms with Gasteiger partial charge >= 0.3 is 0 Å². The van der Waals surface area contributed by atoms with Crippen LogP contribution in [0.5, 0.6) is 0 Å². The molecule has 2 rings (SSSR count). The first-order valence-electron chi connectivity index (χ1n) is 6.53. The van der Waals surface area contributed by atoms with E-state index in [9.17, 15) is 0 Å². The number of nitrogens with one attached hydrogen (secondary N) is 1. The van der Waals surface area contributed by atoms with Crippen molar-refractivity contribution in [2.75, 3.05) is 6.54 Å². The molecule has 2 atom stereocenters. The molecule has 1 heterocycles. The van der Waals surface area contributed by atoms with Gasteiger partial charge < -0.3 is 5.32 Å². The molecule has 1 aliphatic heterocycles. The standard InChI is InChI=1S/C15H23N/c1-4-12-6-8-13(9-7-12)15(3)10-11-16-14(15)5-2/h6-9,14,16H,4-5,10-11H2,1-3H3. The second kappa shape index (κ2) is 4.58. The minimum atomic E-state index is 0.334. The average molecular weight is 217 g/mol. The summed E-state index contributed by atoms with van der Waals surface area (Å²) in [5.41, 5.74) is 3.27. The molecule has 2 unspecified atom stereocenters. The zero-order valence-corrected chi connectivity index (χ0v) is 10.7. The van der Waals surface area contributed by atoms with Gasteiger partial charge in [0.05, 0.1) is 0 Å². The lowest BCUT2D eigenvalue weighted by Crippen LogP contribution is -2.37. The summed E-state index contributed by atoms with van der Waals surface area (Å²) in [5, 5.41) is 3.62. The Morgan fingerprint density at radius 2 is 1.94 bits per heavy atom. The summed E-state index contributed by atoms with van der Waals surface area (Å²) >= 11 is 0. The smallest absolute Gasteiger partial charge is 0.0159 e. The summed E-state index contributed by atoms with van der Waals surface area (Å²) in [6.07, 6.45) is 3.61. The van der Waals surface area contributed by atoms with Gasteiger partial charge in [-0.05, 0) is 36.9 Å². The molecule has 1 aromatic rings. The topological polar surface area (TPSA) is 12.0 Å². The molecule has 0 saturated carbocycles. The first-order chi connectivity index (χ1) is 7.70. The zero-order valence-electron chi connectivity index (χ0n) is 10.7. The number of hydrogen-bond acceptors (Lipinski definition) is 1. The van der Waals surface area contributed by atoms with Gasteiger partial charge in [-0.3, -0.25) is 0 Å². The highest BCUT2D eigenvalue weighted by atomic mass is 15.0. The SMILES string of the molecule is CCc1ccc(C2(C)CCNC2CC)cc1. The van der Waals surface area contributed by atoms with Crippen LogP contribution in [0.3, 0.4) is 0 Å². The van der Waals surface area contributed by atoms with Crippen molar-refractivity contribution in [1.29, 1.82) is 0 Å². The minimum Gasteiger partial charge on any atom is -0.313 e. The summed E-state index contributed by atoms with van der Waals surface area (Å²) < 4.78 is 0. The van der Waals surface area contributed by atoms with Crippen LogP contribution in [0.15, 0.2) is 24.3 Å². The van der Waals surface area contributed by atoms with E-state index in [4.69, 9.17) is 0 Å². The molecule has 0 bridgehead atoms. The first-order valence-corrected chi connectivity index (χ1v) is 6.53. The van der Waals surface area contributed by atoms with Gasteiger partial charge in [0, 0.05) is 11.5 Å². The monoisotopic (exact) mass is 217 g/mol. The van der Waals surface area contributed by atoms with E-state index in [1.54, 1.807) is 0 Å². The van der Waals surface area contributed by atoms with Crippen LogP contribution in [0.25, 0.3) is 0 Å². The van der Waals surface area contributed by atoms with E-state index in [0.717, 1.165) is 13.0 Å². The third-order valence-corrected chi connectivity index (χ3v) is 4.23. The molecule has 1 fully saturated rings. The van der Waals surface area contributed by atoms with Gasteiger partial charge in [-0.15, -0.1) is 0 Å². The van der Waals surface area contributed by atoms with Gasteiger partial charge in [-0.1, -0.05) is 45.0 Å². The van der Waals surface area contributed by atoms with Crippen LogP contribution in [0.4, 0.5) is 0 Å². The highest BCUT2D eigenvalue weighted by Crippen LogP contribution is 2.36. The Hall–Kier alpha value is -0.820. The van der Waals surface area contributed by atoms with Gasteiger partial charge in [0.2, 0.25) is 0 Å². The van der Waals surface area contributed by atoms with Crippen LogP contribution in [-0.2, 0) is 11.8 Å². The molecule has 1 aromatic carbocycles. The highest BCUT2D eigenvalue weighted by Gasteiger charge is 2.38. The summed E-state index contributed by atoms with van der Waals surface area (Å²) in [5.74, 6) is 0. The van der Waals surface area contributed by atoms with Crippen molar-refractivity contribution in [2.45, 2.75) is 51.5 Å². The maximum atomic E-state index is 3.62. The van der Waals surface area contributed by atoms with Gasteiger partial charge in [0.15, 0.2) is 0 Å². The summed E-state index contributed by atoms with van der Waals surface area (Å²) in [4.78, 5) is 0. The van der Waals surface area contributed by atoms with Gasteiger partial charge in [-0.2, -0.15) is 0 Å². The van der Waals surface area contributed by atoms with Crippen LogP contribution < -0.4 is 5.32 Å². The fourth-order valence-electron chi connectivity index (χ4n) is 2.97. The molecule has 1 heteroatoms. The van der Waals surface area contributed by atoms with Crippen LogP contribution in [0.2, 0.25) is 0 Å². The average Bonchev–Trinajstić information content (AvgIpc) is 2.72. The van der Waals surface area contributed by atoms with Gasteiger partial charge in [-0.25, -0.2) is 0 Å². The lowest BCUT2D eigenvalue weighted by atomic mass is 9.75. The fraction of sp³-hybridized carbons (Fsp3) is 0.600. The molecular weight excluding hydrogens is 194 g/mol. The van der Waals surface area contributed by atoms with Crippen LogP contribution in [0.1, 0.15) is 44.7 Å². The van der Waals surface area contributed by atoms with Crippen molar-refractivity contribution in [3.63, 3.8) is 0 Å². The first kappa shape index (κ1) is 11.7. The largest absolute Gasteiger partial charge is 0.313 e. The lowest BCUT2D eigenvalue weighted by Gasteiger charge is -2.31. The Kier molecular flexibility index (Phi) is 3.34. The van der Waals surface area contributed by atoms with E-state index in [1.165, 1.54) is 24.0 Å². The summed E-state index contributed by atoms with van der Waals surface area (Å²) in [6.45, 7) is 8.05. The van der Waals surface area contributed by atoms with E-state index < -0.39 is 0 Å². The number of benzene rings is 1. The van der Waals surface area contributed by atoms with Crippen molar-refractivity contribution < 1.29 is 0 Å². The molecule has 1 aliphatic rings. The molecule has 16 heavy (non-hydrogen) atoms. The molecule has 1 nitrogen and oxygen atoms in total. The van der Waals surface area contributed by atoms with Crippen LogP contribution >= 0.6 is 0 Å². The summed E-state index contributed by atoms with van der Waals surface area (Å²) in [7, 11) is 0. The number of hydrogen-bond donors (Lipinski definition) is 1. The van der Waals surface area contributed by atoms with E-state index in [-0.39, 0.29) is 0 Å². The molecule has 0 radical (unpaired) electrons. The van der Waals surface area contributed by atoms with E-state index in [2.05, 4.69) is 50.4 Å².